The highest BCUT2D eigenvalue weighted by atomic mass is 16.4. The summed E-state index contributed by atoms with van der Waals surface area (Å²) in [5.41, 5.74) is 7.76. The third-order valence-electron chi connectivity index (χ3n) is 4.52. The molecule has 116 valence electrons. The SMILES string of the molecule is NC1CCC(C(Cc2cn(-c3ccccc3)cn2)C(=O)O)C1. The zero-order valence-corrected chi connectivity index (χ0v) is 12.4. The highest BCUT2D eigenvalue weighted by molar-refractivity contribution is 5.70. The molecule has 1 aliphatic carbocycles. The first-order chi connectivity index (χ1) is 10.6. The zero-order chi connectivity index (χ0) is 15.5. The van der Waals surface area contributed by atoms with Gasteiger partial charge >= 0.3 is 5.97 Å². The predicted octanol–water partition coefficient (Wildman–Crippen LogP) is 2.24. The van der Waals surface area contributed by atoms with Crippen molar-refractivity contribution in [1.82, 2.24) is 9.55 Å². The molecule has 0 aliphatic heterocycles. The maximum atomic E-state index is 11.6. The van der Waals surface area contributed by atoms with Gasteiger partial charge in [-0.2, -0.15) is 0 Å². The fraction of sp³-hybridized carbons (Fsp3) is 0.412. The number of hydrogen-bond donors (Lipinski definition) is 2. The quantitative estimate of drug-likeness (QED) is 0.887. The molecular formula is C17H21N3O2. The van der Waals surface area contributed by atoms with Crippen molar-refractivity contribution in [2.75, 3.05) is 0 Å². The smallest absolute Gasteiger partial charge is 0.307 e. The van der Waals surface area contributed by atoms with Crippen molar-refractivity contribution in [3.8, 4) is 5.69 Å². The van der Waals surface area contributed by atoms with E-state index in [0.29, 0.717) is 6.42 Å². The lowest BCUT2D eigenvalue weighted by Gasteiger charge is -2.18. The largest absolute Gasteiger partial charge is 0.481 e. The van der Waals surface area contributed by atoms with Gasteiger partial charge in [0.25, 0.3) is 0 Å². The normalized spacial score (nSPS) is 22.6. The minimum Gasteiger partial charge on any atom is -0.481 e. The van der Waals surface area contributed by atoms with Gasteiger partial charge in [0.15, 0.2) is 0 Å². The van der Waals surface area contributed by atoms with Gasteiger partial charge in [0.2, 0.25) is 0 Å². The second-order valence-electron chi connectivity index (χ2n) is 6.09. The van der Waals surface area contributed by atoms with Crippen LogP contribution in [0.3, 0.4) is 0 Å². The highest BCUT2D eigenvalue weighted by Gasteiger charge is 2.34. The number of carboxylic acids is 1. The van der Waals surface area contributed by atoms with Crippen LogP contribution >= 0.6 is 0 Å². The Morgan fingerprint density at radius 3 is 2.77 bits per heavy atom. The Bertz CT molecular complexity index is 638. The van der Waals surface area contributed by atoms with Gasteiger partial charge in [-0.05, 0) is 37.3 Å². The summed E-state index contributed by atoms with van der Waals surface area (Å²) in [6.07, 6.45) is 6.75. The van der Waals surface area contributed by atoms with Crippen LogP contribution in [0.5, 0.6) is 0 Å². The average Bonchev–Trinajstić information content (AvgIpc) is 3.14. The number of nitrogens with two attached hydrogens (primary N) is 1. The maximum absolute atomic E-state index is 11.6. The van der Waals surface area contributed by atoms with Crippen molar-refractivity contribution in [3.05, 3.63) is 48.5 Å². The van der Waals surface area contributed by atoms with Crippen LogP contribution in [0.2, 0.25) is 0 Å². The lowest BCUT2D eigenvalue weighted by molar-refractivity contribution is -0.143. The number of carboxylic acid groups (broad SMARTS) is 1. The number of nitrogens with zero attached hydrogens (tertiary/aromatic N) is 2. The van der Waals surface area contributed by atoms with Crippen molar-refractivity contribution in [1.29, 1.82) is 0 Å². The van der Waals surface area contributed by atoms with E-state index >= 15 is 0 Å². The number of benzene rings is 1. The summed E-state index contributed by atoms with van der Waals surface area (Å²) in [6, 6.07) is 10.0. The van der Waals surface area contributed by atoms with E-state index in [0.717, 1.165) is 30.6 Å². The van der Waals surface area contributed by atoms with Gasteiger partial charge in [-0.25, -0.2) is 4.98 Å². The van der Waals surface area contributed by atoms with E-state index in [1.807, 2.05) is 41.1 Å². The van der Waals surface area contributed by atoms with Crippen LogP contribution in [0.15, 0.2) is 42.9 Å². The van der Waals surface area contributed by atoms with Crippen LogP contribution in [0.25, 0.3) is 5.69 Å². The minimum atomic E-state index is -0.742. The van der Waals surface area contributed by atoms with E-state index in [-0.39, 0.29) is 12.0 Å². The summed E-state index contributed by atoms with van der Waals surface area (Å²) < 4.78 is 1.93. The van der Waals surface area contributed by atoms with Gasteiger partial charge in [-0.1, -0.05) is 18.2 Å². The third-order valence-corrected chi connectivity index (χ3v) is 4.52. The van der Waals surface area contributed by atoms with Crippen LogP contribution in [0, 0.1) is 11.8 Å². The predicted molar refractivity (Wildman–Crippen MR) is 83.7 cm³/mol. The molecule has 0 radical (unpaired) electrons. The van der Waals surface area contributed by atoms with Gasteiger partial charge in [0.05, 0.1) is 17.9 Å². The number of hydrogen-bond acceptors (Lipinski definition) is 3. The van der Waals surface area contributed by atoms with E-state index < -0.39 is 11.9 Å². The fourth-order valence-electron chi connectivity index (χ4n) is 3.31. The van der Waals surface area contributed by atoms with E-state index in [9.17, 15) is 9.90 Å². The summed E-state index contributed by atoms with van der Waals surface area (Å²) >= 11 is 0. The average molecular weight is 299 g/mol. The number of aromatic nitrogens is 2. The van der Waals surface area contributed by atoms with Crippen molar-refractivity contribution in [3.63, 3.8) is 0 Å². The molecule has 0 saturated heterocycles. The van der Waals surface area contributed by atoms with Crippen molar-refractivity contribution in [2.45, 2.75) is 31.7 Å². The van der Waals surface area contributed by atoms with Gasteiger partial charge in [0, 0.05) is 24.3 Å². The van der Waals surface area contributed by atoms with Gasteiger partial charge in [-0.15, -0.1) is 0 Å². The molecule has 1 aromatic carbocycles. The van der Waals surface area contributed by atoms with Crippen molar-refractivity contribution in [2.24, 2.45) is 17.6 Å². The molecule has 1 fully saturated rings. The number of rotatable bonds is 5. The second-order valence-corrected chi connectivity index (χ2v) is 6.09. The first-order valence-electron chi connectivity index (χ1n) is 7.70. The molecule has 5 nitrogen and oxygen atoms in total. The second kappa shape index (κ2) is 6.32. The standard InChI is InChI=1S/C17H21N3O2/c18-13-7-6-12(8-13)16(17(21)22)9-14-10-20(11-19-14)15-4-2-1-3-5-15/h1-5,10-13,16H,6-9,18H2,(H,21,22). The molecule has 1 saturated carbocycles. The van der Waals surface area contributed by atoms with Gasteiger partial charge in [-0.3, -0.25) is 4.79 Å². The molecule has 3 atom stereocenters. The third kappa shape index (κ3) is 3.20. The molecule has 5 heteroatoms. The Balaban J connectivity index is 1.74. The Hall–Kier alpha value is -2.14. The topological polar surface area (TPSA) is 81.1 Å². The summed E-state index contributed by atoms with van der Waals surface area (Å²) in [6.45, 7) is 0. The molecule has 3 rings (SSSR count). The number of carbonyl (C=O) groups is 1. The summed E-state index contributed by atoms with van der Waals surface area (Å²) in [7, 11) is 0. The highest BCUT2D eigenvalue weighted by Crippen LogP contribution is 2.32. The molecule has 0 spiro atoms. The molecule has 1 aromatic heterocycles. The first kappa shape index (κ1) is 14.8. The van der Waals surface area contributed by atoms with Crippen LogP contribution in [0.4, 0.5) is 0 Å². The van der Waals surface area contributed by atoms with E-state index in [2.05, 4.69) is 4.98 Å². The zero-order valence-electron chi connectivity index (χ0n) is 12.4. The molecule has 3 unspecified atom stereocenters. The molecule has 22 heavy (non-hydrogen) atoms. The lowest BCUT2D eigenvalue weighted by Crippen LogP contribution is -2.26. The van der Waals surface area contributed by atoms with E-state index in [1.54, 1.807) is 6.33 Å². The van der Waals surface area contributed by atoms with Crippen molar-refractivity contribution >= 4 is 5.97 Å². The molecule has 1 heterocycles. The Labute approximate surface area is 129 Å². The van der Waals surface area contributed by atoms with Crippen LogP contribution in [0.1, 0.15) is 25.0 Å². The molecule has 0 bridgehead atoms. The Kier molecular flexibility index (Phi) is 4.24. The molecule has 1 aliphatic rings. The van der Waals surface area contributed by atoms with E-state index in [1.165, 1.54) is 0 Å². The fourth-order valence-corrected chi connectivity index (χ4v) is 3.31. The van der Waals surface area contributed by atoms with Gasteiger partial charge < -0.3 is 15.4 Å². The molecule has 0 amide bonds. The molecule has 3 N–H and O–H groups in total. The van der Waals surface area contributed by atoms with Crippen LogP contribution in [-0.4, -0.2) is 26.7 Å². The summed E-state index contributed by atoms with van der Waals surface area (Å²) in [5.74, 6) is -0.976. The minimum absolute atomic E-state index is 0.147. The number of aliphatic carboxylic acids is 1. The first-order valence-corrected chi connectivity index (χ1v) is 7.70. The van der Waals surface area contributed by atoms with Crippen LogP contribution in [-0.2, 0) is 11.2 Å². The number of imidazole rings is 1. The Morgan fingerprint density at radius 1 is 1.36 bits per heavy atom. The van der Waals surface area contributed by atoms with Gasteiger partial charge in [0.1, 0.15) is 0 Å². The number of para-hydroxylation sites is 1. The van der Waals surface area contributed by atoms with E-state index in [4.69, 9.17) is 5.73 Å². The summed E-state index contributed by atoms with van der Waals surface area (Å²) in [5, 5.41) is 9.53. The monoisotopic (exact) mass is 299 g/mol. The maximum Gasteiger partial charge on any atom is 0.307 e. The lowest BCUT2D eigenvalue weighted by atomic mass is 9.87. The van der Waals surface area contributed by atoms with Crippen LogP contribution < -0.4 is 5.73 Å². The molecule has 2 aromatic rings. The summed E-state index contributed by atoms with van der Waals surface area (Å²) in [4.78, 5) is 16.0. The Morgan fingerprint density at radius 2 is 2.14 bits per heavy atom. The van der Waals surface area contributed by atoms with Crippen molar-refractivity contribution < 1.29 is 9.90 Å². The molecular weight excluding hydrogens is 278 g/mol.